The van der Waals surface area contributed by atoms with Crippen molar-refractivity contribution in [3.8, 4) is 0 Å². The number of amides is 1. The van der Waals surface area contributed by atoms with Crippen LogP contribution in [0.15, 0.2) is 35.7 Å². The molecule has 3 aromatic rings. The number of thioether (sulfide) groups is 1. The maximum Gasteiger partial charge on any atom is 0.233 e. The van der Waals surface area contributed by atoms with Crippen LogP contribution in [-0.2, 0) is 4.79 Å². The van der Waals surface area contributed by atoms with Gasteiger partial charge in [-0.25, -0.2) is 9.97 Å². The van der Waals surface area contributed by atoms with Gasteiger partial charge in [0.1, 0.15) is 5.82 Å². The van der Waals surface area contributed by atoms with Crippen LogP contribution < -0.4 is 0 Å². The monoisotopic (exact) mass is 355 g/mol. The van der Waals surface area contributed by atoms with Gasteiger partial charge >= 0.3 is 0 Å². The van der Waals surface area contributed by atoms with Crippen molar-refractivity contribution in [1.82, 2.24) is 24.8 Å². The average Bonchev–Trinajstić information content (AvgIpc) is 3.29. The minimum absolute atomic E-state index is 0.165. The first kappa shape index (κ1) is 16.2. The van der Waals surface area contributed by atoms with Crippen LogP contribution in [0.3, 0.4) is 0 Å². The number of imidazole rings is 2. The van der Waals surface area contributed by atoms with Gasteiger partial charge in [-0.2, -0.15) is 0 Å². The molecular formula is C18H21N5OS. The summed E-state index contributed by atoms with van der Waals surface area (Å²) in [5, 5.41) is 0.800. The molecule has 1 fully saturated rings. The van der Waals surface area contributed by atoms with Crippen molar-refractivity contribution in [2.75, 3.05) is 18.8 Å². The number of piperidine rings is 1. The quantitative estimate of drug-likeness (QED) is 0.705. The number of nitrogens with one attached hydrogen (secondary N) is 2. The summed E-state index contributed by atoms with van der Waals surface area (Å²) in [7, 11) is 0. The molecule has 3 heterocycles. The Morgan fingerprint density at radius 3 is 3.20 bits per heavy atom. The van der Waals surface area contributed by atoms with Crippen molar-refractivity contribution < 1.29 is 4.79 Å². The lowest BCUT2D eigenvalue weighted by Gasteiger charge is -2.31. The molecule has 2 N–H and O–H groups in total. The molecule has 1 aliphatic rings. The summed E-state index contributed by atoms with van der Waals surface area (Å²) in [6.45, 7) is 3.63. The summed E-state index contributed by atoms with van der Waals surface area (Å²) in [6, 6.07) is 6.13. The number of H-pyrrole nitrogens is 2. The molecule has 0 bridgehead atoms. The summed E-state index contributed by atoms with van der Waals surface area (Å²) in [6.07, 6.45) is 5.71. The van der Waals surface area contributed by atoms with Gasteiger partial charge in [-0.05, 0) is 37.5 Å². The first-order chi connectivity index (χ1) is 12.2. The van der Waals surface area contributed by atoms with Crippen LogP contribution >= 0.6 is 11.8 Å². The average molecular weight is 355 g/mol. The van der Waals surface area contributed by atoms with Crippen molar-refractivity contribution in [2.45, 2.75) is 30.8 Å². The van der Waals surface area contributed by atoms with E-state index in [9.17, 15) is 4.79 Å². The Morgan fingerprint density at radius 1 is 1.44 bits per heavy atom. The number of hydrogen-bond donors (Lipinski definition) is 2. The van der Waals surface area contributed by atoms with Crippen molar-refractivity contribution in [3.63, 3.8) is 0 Å². The van der Waals surface area contributed by atoms with Crippen LogP contribution in [0, 0.1) is 6.92 Å². The van der Waals surface area contributed by atoms with Crippen LogP contribution in [0.5, 0.6) is 0 Å². The number of aryl methyl sites for hydroxylation is 1. The first-order valence-corrected chi connectivity index (χ1v) is 9.54. The lowest BCUT2D eigenvalue weighted by Crippen LogP contribution is -2.40. The third-order valence-electron chi connectivity index (χ3n) is 4.63. The number of aromatic nitrogens is 4. The third-order valence-corrected chi connectivity index (χ3v) is 5.49. The van der Waals surface area contributed by atoms with E-state index in [-0.39, 0.29) is 5.91 Å². The second-order valence-electron chi connectivity index (χ2n) is 6.50. The molecule has 0 saturated carbocycles. The smallest absolute Gasteiger partial charge is 0.233 e. The maximum atomic E-state index is 12.6. The second-order valence-corrected chi connectivity index (χ2v) is 7.47. The van der Waals surface area contributed by atoms with Gasteiger partial charge in [0, 0.05) is 31.4 Å². The summed E-state index contributed by atoms with van der Waals surface area (Å²) in [5.41, 5.74) is 3.16. The maximum absolute atomic E-state index is 12.6. The van der Waals surface area contributed by atoms with E-state index < -0.39 is 0 Å². The topological polar surface area (TPSA) is 77.7 Å². The molecule has 0 aliphatic carbocycles. The molecule has 1 amide bonds. The SMILES string of the molecule is Cc1ccc2nc(SCC(=O)N3CCC[C@H](c4ncc[nH]4)C3)[nH]c2c1. The third kappa shape index (κ3) is 3.56. The first-order valence-electron chi connectivity index (χ1n) is 8.55. The molecule has 1 saturated heterocycles. The summed E-state index contributed by atoms with van der Waals surface area (Å²) >= 11 is 1.47. The Balaban J connectivity index is 1.37. The molecule has 0 unspecified atom stereocenters. The Kier molecular flexibility index (Phi) is 4.48. The van der Waals surface area contributed by atoms with Crippen molar-refractivity contribution in [3.05, 3.63) is 42.0 Å². The van der Waals surface area contributed by atoms with Gasteiger partial charge < -0.3 is 14.9 Å². The summed E-state index contributed by atoms with van der Waals surface area (Å²) in [4.78, 5) is 29.9. The van der Waals surface area contributed by atoms with Gasteiger partial charge in [0.05, 0.1) is 16.8 Å². The largest absolute Gasteiger partial charge is 0.348 e. The minimum atomic E-state index is 0.165. The second kappa shape index (κ2) is 6.92. The standard InChI is InChI=1S/C18H21N5OS/c1-12-4-5-14-15(9-12)22-18(21-14)25-11-16(24)23-8-2-3-13(10-23)17-19-6-7-20-17/h4-7,9,13H,2-3,8,10-11H2,1H3,(H,19,20)(H,21,22)/t13-/m0/s1. The number of benzene rings is 1. The van der Waals surface area contributed by atoms with E-state index in [1.165, 1.54) is 17.3 Å². The Bertz CT molecular complexity index is 873. The molecular weight excluding hydrogens is 334 g/mol. The molecule has 0 radical (unpaired) electrons. The van der Waals surface area contributed by atoms with Crippen LogP contribution in [-0.4, -0.2) is 49.6 Å². The van der Waals surface area contributed by atoms with E-state index in [1.807, 2.05) is 23.2 Å². The van der Waals surface area contributed by atoms with Gasteiger partial charge in [0.25, 0.3) is 0 Å². The number of fused-ring (bicyclic) bond motifs is 1. The molecule has 1 aliphatic heterocycles. The zero-order valence-corrected chi connectivity index (χ0v) is 15.0. The molecule has 6 nitrogen and oxygen atoms in total. The number of carbonyl (C=O) groups is 1. The van der Waals surface area contributed by atoms with Gasteiger partial charge in [0.15, 0.2) is 5.16 Å². The van der Waals surface area contributed by atoms with Crippen LogP contribution in [0.4, 0.5) is 0 Å². The van der Waals surface area contributed by atoms with Crippen LogP contribution in [0.1, 0.15) is 30.1 Å². The molecule has 130 valence electrons. The van der Waals surface area contributed by atoms with E-state index in [0.29, 0.717) is 11.7 Å². The van der Waals surface area contributed by atoms with Gasteiger partial charge in [-0.1, -0.05) is 17.8 Å². The molecule has 1 atom stereocenters. The minimum Gasteiger partial charge on any atom is -0.348 e. The van der Waals surface area contributed by atoms with E-state index >= 15 is 0 Å². The molecule has 1 aromatic carbocycles. The van der Waals surface area contributed by atoms with Crippen molar-refractivity contribution in [2.24, 2.45) is 0 Å². The van der Waals surface area contributed by atoms with Crippen LogP contribution in [0.25, 0.3) is 11.0 Å². The molecule has 7 heteroatoms. The lowest BCUT2D eigenvalue weighted by molar-refractivity contribution is -0.129. The lowest BCUT2D eigenvalue weighted by atomic mass is 9.97. The highest BCUT2D eigenvalue weighted by Crippen LogP contribution is 2.26. The predicted octanol–water partition coefficient (Wildman–Crippen LogP) is 3.09. The highest BCUT2D eigenvalue weighted by atomic mass is 32.2. The number of carbonyl (C=O) groups excluding carboxylic acids is 1. The number of rotatable bonds is 4. The summed E-state index contributed by atoms with van der Waals surface area (Å²) in [5.74, 6) is 1.87. The Hall–Kier alpha value is -2.28. The number of hydrogen-bond acceptors (Lipinski definition) is 4. The van der Waals surface area contributed by atoms with Gasteiger partial charge in [-0.15, -0.1) is 0 Å². The normalized spacial score (nSPS) is 18.0. The van der Waals surface area contributed by atoms with Crippen LogP contribution in [0.2, 0.25) is 0 Å². The van der Waals surface area contributed by atoms with E-state index in [0.717, 1.165) is 47.9 Å². The number of likely N-dealkylation sites (tertiary alicyclic amines) is 1. The fourth-order valence-electron chi connectivity index (χ4n) is 3.32. The molecule has 25 heavy (non-hydrogen) atoms. The predicted molar refractivity (Wildman–Crippen MR) is 98.7 cm³/mol. The zero-order valence-electron chi connectivity index (χ0n) is 14.2. The fraction of sp³-hybridized carbons (Fsp3) is 0.389. The fourth-order valence-corrected chi connectivity index (χ4v) is 4.11. The van der Waals surface area contributed by atoms with E-state index in [1.54, 1.807) is 6.20 Å². The number of aromatic amines is 2. The Morgan fingerprint density at radius 2 is 2.36 bits per heavy atom. The van der Waals surface area contributed by atoms with Gasteiger partial charge in [-0.3, -0.25) is 4.79 Å². The molecule has 0 spiro atoms. The summed E-state index contributed by atoms with van der Waals surface area (Å²) < 4.78 is 0. The highest BCUT2D eigenvalue weighted by molar-refractivity contribution is 7.99. The van der Waals surface area contributed by atoms with E-state index in [4.69, 9.17) is 0 Å². The molecule has 4 rings (SSSR count). The molecule has 2 aromatic heterocycles. The highest BCUT2D eigenvalue weighted by Gasteiger charge is 2.26. The van der Waals surface area contributed by atoms with E-state index in [2.05, 4.69) is 32.9 Å². The van der Waals surface area contributed by atoms with Crippen molar-refractivity contribution in [1.29, 1.82) is 0 Å². The Labute approximate surface area is 150 Å². The number of nitrogens with zero attached hydrogens (tertiary/aromatic N) is 3. The zero-order chi connectivity index (χ0) is 17.2. The van der Waals surface area contributed by atoms with Crippen molar-refractivity contribution >= 4 is 28.7 Å². The van der Waals surface area contributed by atoms with Gasteiger partial charge in [0.2, 0.25) is 5.91 Å².